The molecule has 0 aromatic heterocycles. The lowest BCUT2D eigenvalue weighted by atomic mass is 10.1. The van der Waals surface area contributed by atoms with Crippen molar-refractivity contribution < 1.29 is 9.90 Å². The molecule has 1 aliphatic heterocycles. The Morgan fingerprint density at radius 1 is 1.50 bits per heavy atom. The van der Waals surface area contributed by atoms with Gasteiger partial charge in [-0.15, -0.1) is 0 Å². The molecule has 0 bridgehead atoms. The van der Waals surface area contributed by atoms with E-state index in [0.717, 1.165) is 6.42 Å². The van der Waals surface area contributed by atoms with Crippen LogP contribution < -0.4 is 0 Å². The summed E-state index contributed by atoms with van der Waals surface area (Å²) in [5.74, 6) is 0.466. The fraction of sp³-hybridized carbons (Fsp3) is 0.364. The Morgan fingerprint density at radius 2 is 2.29 bits per heavy atom. The largest absolute Gasteiger partial charge is 0.478 e. The van der Waals surface area contributed by atoms with Crippen LogP contribution in [0.4, 0.5) is 0 Å². The van der Waals surface area contributed by atoms with Crippen LogP contribution in [0.2, 0.25) is 0 Å². The Morgan fingerprint density at radius 3 is 3.00 bits per heavy atom. The van der Waals surface area contributed by atoms with Crippen LogP contribution >= 0.6 is 10.9 Å². The third-order valence-corrected chi connectivity index (χ3v) is 4.92. The predicted molar refractivity (Wildman–Crippen MR) is 59.8 cm³/mol. The standard InChI is InChI=1S/C11H14O2S/c1-14-6-2-3-8-7-9(11(12)13)4-5-10(8)14/h4-5,7,14H,2-3,6H2,1H3,(H,12,13). The minimum absolute atomic E-state index is 0.0321. The van der Waals surface area contributed by atoms with Crippen LogP contribution in [0, 0.1) is 0 Å². The molecule has 1 aliphatic rings. The molecule has 2 rings (SSSR count). The number of carbonyl (C=O) groups is 1. The number of hydrogen-bond donors (Lipinski definition) is 2. The van der Waals surface area contributed by atoms with Gasteiger partial charge in [0.1, 0.15) is 0 Å². The molecule has 1 heterocycles. The van der Waals surface area contributed by atoms with Crippen molar-refractivity contribution in [3.05, 3.63) is 29.3 Å². The summed E-state index contributed by atoms with van der Waals surface area (Å²) in [6.45, 7) is 0. The minimum Gasteiger partial charge on any atom is -0.478 e. The molecule has 0 aliphatic carbocycles. The van der Waals surface area contributed by atoms with E-state index < -0.39 is 5.97 Å². The van der Waals surface area contributed by atoms with Crippen LogP contribution in [0.15, 0.2) is 23.1 Å². The third kappa shape index (κ3) is 1.64. The van der Waals surface area contributed by atoms with Gasteiger partial charge in [0.25, 0.3) is 0 Å². The number of rotatable bonds is 1. The zero-order valence-corrected chi connectivity index (χ0v) is 9.05. The summed E-state index contributed by atoms with van der Waals surface area (Å²) in [6, 6.07) is 5.57. The number of carboxylic acid groups (broad SMARTS) is 1. The van der Waals surface area contributed by atoms with Crippen LogP contribution in [0.25, 0.3) is 0 Å². The van der Waals surface area contributed by atoms with E-state index in [1.54, 1.807) is 6.07 Å². The molecule has 76 valence electrons. The summed E-state index contributed by atoms with van der Waals surface area (Å²) < 4.78 is 0. The Hall–Kier alpha value is -0.960. The molecule has 0 saturated heterocycles. The van der Waals surface area contributed by atoms with Crippen molar-refractivity contribution in [2.24, 2.45) is 0 Å². The van der Waals surface area contributed by atoms with E-state index in [0.29, 0.717) is 5.56 Å². The number of hydrogen-bond acceptors (Lipinski definition) is 1. The highest BCUT2D eigenvalue weighted by Gasteiger charge is 2.15. The Balaban J connectivity index is 2.44. The topological polar surface area (TPSA) is 37.3 Å². The highest BCUT2D eigenvalue weighted by atomic mass is 32.2. The van der Waals surface area contributed by atoms with Crippen LogP contribution in [0.1, 0.15) is 22.3 Å². The normalized spacial score (nSPS) is 22.8. The number of aromatic carboxylic acids is 1. The highest BCUT2D eigenvalue weighted by Crippen LogP contribution is 2.40. The minimum atomic E-state index is -0.821. The van der Waals surface area contributed by atoms with E-state index in [1.807, 2.05) is 12.1 Å². The SMILES string of the molecule is C[SH]1CCCc2cc(C(=O)O)ccc21. The summed E-state index contributed by atoms with van der Waals surface area (Å²) in [4.78, 5) is 12.2. The number of thiol groups is 1. The first-order chi connectivity index (χ1) is 6.68. The molecule has 3 heteroatoms. The lowest BCUT2D eigenvalue weighted by molar-refractivity contribution is 0.0696. The second kappa shape index (κ2) is 3.65. The van der Waals surface area contributed by atoms with Gasteiger partial charge in [0.15, 0.2) is 0 Å². The first-order valence-corrected chi connectivity index (χ1v) is 6.73. The van der Waals surface area contributed by atoms with Gasteiger partial charge in [-0.2, -0.15) is 0 Å². The van der Waals surface area contributed by atoms with Gasteiger partial charge in [-0.3, -0.25) is 0 Å². The zero-order chi connectivity index (χ0) is 10.1. The average Bonchev–Trinajstić information content (AvgIpc) is 2.17. The molecule has 0 amide bonds. The lowest BCUT2D eigenvalue weighted by Gasteiger charge is -2.25. The molecule has 1 atom stereocenters. The van der Waals surface area contributed by atoms with Crippen molar-refractivity contribution >= 4 is 16.9 Å². The van der Waals surface area contributed by atoms with E-state index in [4.69, 9.17) is 5.11 Å². The monoisotopic (exact) mass is 210 g/mol. The van der Waals surface area contributed by atoms with E-state index in [-0.39, 0.29) is 10.9 Å². The number of aryl methyl sites for hydroxylation is 1. The van der Waals surface area contributed by atoms with Crippen LogP contribution in [-0.2, 0) is 6.42 Å². The van der Waals surface area contributed by atoms with Gasteiger partial charge in [0.2, 0.25) is 0 Å². The van der Waals surface area contributed by atoms with Crippen LogP contribution in [0.3, 0.4) is 0 Å². The summed E-state index contributed by atoms with van der Waals surface area (Å²) in [5.41, 5.74) is 1.68. The van der Waals surface area contributed by atoms with Crippen molar-refractivity contribution in [1.29, 1.82) is 0 Å². The van der Waals surface area contributed by atoms with Crippen LogP contribution in [0.5, 0.6) is 0 Å². The van der Waals surface area contributed by atoms with Crippen molar-refractivity contribution in [2.75, 3.05) is 12.0 Å². The average molecular weight is 210 g/mol. The molecule has 1 aromatic carbocycles. The molecular weight excluding hydrogens is 196 g/mol. The molecule has 1 aromatic rings. The van der Waals surface area contributed by atoms with E-state index in [2.05, 4.69) is 6.26 Å². The first kappa shape index (κ1) is 9.59. The van der Waals surface area contributed by atoms with Crippen molar-refractivity contribution in [1.82, 2.24) is 0 Å². The molecule has 0 spiro atoms. The van der Waals surface area contributed by atoms with Gasteiger partial charge in [-0.05, 0) is 53.5 Å². The summed E-state index contributed by atoms with van der Waals surface area (Å²) in [7, 11) is -0.0321. The molecule has 0 fully saturated rings. The van der Waals surface area contributed by atoms with Gasteiger partial charge in [-0.25, -0.2) is 15.7 Å². The fourth-order valence-electron chi connectivity index (χ4n) is 1.92. The molecular formula is C11H14O2S. The molecule has 14 heavy (non-hydrogen) atoms. The fourth-order valence-corrected chi connectivity index (χ4v) is 3.79. The zero-order valence-electron chi connectivity index (χ0n) is 8.16. The maximum atomic E-state index is 10.8. The molecule has 1 unspecified atom stereocenters. The summed E-state index contributed by atoms with van der Waals surface area (Å²) in [6.07, 6.45) is 4.52. The first-order valence-electron chi connectivity index (χ1n) is 4.76. The second-order valence-corrected chi connectivity index (χ2v) is 6.00. The quantitative estimate of drug-likeness (QED) is 0.698. The lowest BCUT2D eigenvalue weighted by Crippen LogP contribution is -2.06. The molecule has 0 radical (unpaired) electrons. The number of fused-ring (bicyclic) bond motifs is 1. The van der Waals surface area contributed by atoms with Gasteiger partial charge < -0.3 is 5.11 Å². The Labute approximate surface area is 86.3 Å². The highest BCUT2D eigenvalue weighted by molar-refractivity contribution is 8.16. The Kier molecular flexibility index (Phi) is 2.50. The second-order valence-electron chi connectivity index (χ2n) is 3.67. The Bertz CT molecular complexity index is 374. The van der Waals surface area contributed by atoms with Gasteiger partial charge in [-0.1, -0.05) is 0 Å². The van der Waals surface area contributed by atoms with Crippen molar-refractivity contribution in [3.63, 3.8) is 0 Å². The maximum absolute atomic E-state index is 10.8. The van der Waals surface area contributed by atoms with Crippen molar-refractivity contribution in [2.45, 2.75) is 17.7 Å². The van der Waals surface area contributed by atoms with Gasteiger partial charge in [0.05, 0.1) is 5.56 Å². The molecule has 1 N–H and O–H groups in total. The van der Waals surface area contributed by atoms with E-state index in [1.165, 1.54) is 22.6 Å². The predicted octanol–water partition coefficient (Wildman–Crippen LogP) is 2.32. The molecule has 0 saturated carbocycles. The third-order valence-electron chi connectivity index (χ3n) is 2.68. The summed E-state index contributed by atoms with van der Waals surface area (Å²) >= 11 is 0. The molecule has 2 nitrogen and oxygen atoms in total. The maximum Gasteiger partial charge on any atom is 0.335 e. The van der Waals surface area contributed by atoms with Crippen LogP contribution in [-0.4, -0.2) is 23.1 Å². The number of carboxylic acids is 1. The van der Waals surface area contributed by atoms with E-state index >= 15 is 0 Å². The summed E-state index contributed by atoms with van der Waals surface area (Å²) in [5, 5.41) is 8.86. The number of benzene rings is 1. The van der Waals surface area contributed by atoms with Crippen molar-refractivity contribution in [3.8, 4) is 0 Å². The van der Waals surface area contributed by atoms with Gasteiger partial charge in [0, 0.05) is 0 Å². The van der Waals surface area contributed by atoms with Gasteiger partial charge >= 0.3 is 5.97 Å². The van der Waals surface area contributed by atoms with E-state index in [9.17, 15) is 4.79 Å². The smallest absolute Gasteiger partial charge is 0.335 e.